The zero-order valence-electron chi connectivity index (χ0n) is 14.6. The fraction of sp³-hybridized carbons (Fsp3) is 0.294. The number of aryl methyl sites for hydroxylation is 1. The van der Waals surface area contributed by atoms with Crippen LogP contribution in [0.4, 0.5) is 16.6 Å². The molecule has 0 aliphatic rings. The number of hydrogen-bond acceptors (Lipinski definition) is 5. The average Bonchev–Trinajstić information content (AvgIpc) is 3.00. The summed E-state index contributed by atoms with van der Waals surface area (Å²) in [6, 6.07) is 5.55. The van der Waals surface area contributed by atoms with Gasteiger partial charge in [0.15, 0.2) is 5.82 Å². The van der Waals surface area contributed by atoms with Gasteiger partial charge in [0.2, 0.25) is 11.6 Å². The van der Waals surface area contributed by atoms with Crippen molar-refractivity contribution in [2.45, 2.75) is 33.4 Å². The molecule has 0 bridgehead atoms. The maximum Gasteiger partial charge on any atom is 0.414 e. The van der Waals surface area contributed by atoms with Crippen LogP contribution < -0.4 is 10.2 Å². The minimum atomic E-state index is -1.09. The van der Waals surface area contributed by atoms with Crippen molar-refractivity contribution >= 4 is 35.1 Å². The normalized spacial score (nSPS) is 11.1. The van der Waals surface area contributed by atoms with Crippen LogP contribution >= 0.6 is 11.6 Å². The van der Waals surface area contributed by atoms with Crippen LogP contribution in [0.2, 0.25) is 5.02 Å². The summed E-state index contributed by atoms with van der Waals surface area (Å²) >= 11 is 6.16. The maximum absolute atomic E-state index is 11.5. The Balaban J connectivity index is 1.90. The van der Waals surface area contributed by atoms with Crippen LogP contribution in [0.3, 0.4) is 0 Å². The lowest BCUT2D eigenvalue weighted by molar-refractivity contribution is 0.199. The van der Waals surface area contributed by atoms with E-state index in [1.54, 1.807) is 30.6 Å². The molecule has 0 radical (unpaired) electrons. The number of fused-ring (bicyclic) bond motifs is 1. The molecule has 0 atom stereocenters. The molecule has 136 valence electrons. The van der Waals surface area contributed by atoms with Crippen LogP contribution in [-0.4, -0.2) is 36.8 Å². The van der Waals surface area contributed by atoms with Crippen molar-refractivity contribution in [3.8, 4) is 0 Å². The lowest BCUT2D eigenvalue weighted by Crippen LogP contribution is -2.37. The second-order valence-corrected chi connectivity index (χ2v) is 6.56. The van der Waals surface area contributed by atoms with Gasteiger partial charge in [-0.1, -0.05) is 23.7 Å². The van der Waals surface area contributed by atoms with Gasteiger partial charge in [-0.15, -0.1) is 10.2 Å². The number of hydrogen-bond donors (Lipinski definition) is 2. The first-order chi connectivity index (χ1) is 12.4. The quantitative estimate of drug-likeness (QED) is 0.708. The highest BCUT2D eigenvalue weighted by molar-refractivity contribution is 6.31. The molecule has 0 aliphatic carbocycles. The predicted molar refractivity (Wildman–Crippen MR) is 99.9 cm³/mol. The SMILES string of the molecule is Cc1ccc(CNc2nccn3c(N(C(=O)O)C(C)C)nnc23)cc1Cl. The van der Waals surface area contributed by atoms with Crippen LogP contribution in [0.25, 0.3) is 5.65 Å². The van der Waals surface area contributed by atoms with E-state index in [9.17, 15) is 9.90 Å². The summed E-state index contributed by atoms with van der Waals surface area (Å²) in [6.45, 7) is 6.00. The topological polar surface area (TPSA) is 95.7 Å². The third kappa shape index (κ3) is 3.41. The molecular weight excluding hydrogens is 356 g/mol. The fourth-order valence-electron chi connectivity index (χ4n) is 2.57. The van der Waals surface area contributed by atoms with Gasteiger partial charge in [-0.05, 0) is 38.0 Å². The number of nitrogens with one attached hydrogen (secondary N) is 1. The molecule has 1 aromatic carbocycles. The average molecular weight is 375 g/mol. The Morgan fingerprint density at radius 3 is 2.81 bits per heavy atom. The van der Waals surface area contributed by atoms with E-state index < -0.39 is 6.09 Å². The molecule has 1 amide bonds. The van der Waals surface area contributed by atoms with E-state index >= 15 is 0 Å². The number of halogens is 1. The van der Waals surface area contributed by atoms with E-state index in [2.05, 4.69) is 20.5 Å². The molecule has 3 aromatic rings. The first-order valence-electron chi connectivity index (χ1n) is 8.09. The number of rotatable bonds is 5. The van der Waals surface area contributed by atoms with E-state index in [0.29, 0.717) is 23.0 Å². The second kappa shape index (κ2) is 7.17. The van der Waals surface area contributed by atoms with Crippen molar-refractivity contribution in [1.82, 2.24) is 19.6 Å². The van der Waals surface area contributed by atoms with Gasteiger partial charge in [0.1, 0.15) is 0 Å². The van der Waals surface area contributed by atoms with Crippen molar-refractivity contribution in [3.05, 3.63) is 46.7 Å². The van der Waals surface area contributed by atoms with E-state index in [1.165, 1.54) is 0 Å². The van der Waals surface area contributed by atoms with Crippen molar-refractivity contribution < 1.29 is 9.90 Å². The number of benzene rings is 1. The van der Waals surface area contributed by atoms with E-state index in [1.807, 2.05) is 25.1 Å². The summed E-state index contributed by atoms with van der Waals surface area (Å²) < 4.78 is 1.60. The highest BCUT2D eigenvalue weighted by Gasteiger charge is 2.24. The Kier molecular flexibility index (Phi) is 4.94. The fourth-order valence-corrected chi connectivity index (χ4v) is 2.78. The minimum Gasteiger partial charge on any atom is -0.465 e. The summed E-state index contributed by atoms with van der Waals surface area (Å²) in [5.41, 5.74) is 2.46. The third-order valence-electron chi connectivity index (χ3n) is 3.94. The van der Waals surface area contributed by atoms with Gasteiger partial charge in [-0.3, -0.25) is 4.40 Å². The molecule has 0 saturated heterocycles. The van der Waals surface area contributed by atoms with E-state index in [4.69, 9.17) is 11.6 Å². The van der Waals surface area contributed by atoms with Crippen molar-refractivity contribution in [2.75, 3.05) is 10.2 Å². The van der Waals surface area contributed by atoms with Crippen LogP contribution in [0, 0.1) is 6.92 Å². The van der Waals surface area contributed by atoms with Crippen LogP contribution in [0.15, 0.2) is 30.6 Å². The van der Waals surface area contributed by atoms with Crippen molar-refractivity contribution in [3.63, 3.8) is 0 Å². The zero-order valence-corrected chi connectivity index (χ0v) is 15.4. The number of nitrogens with zero attached hydrogens (tertiary/aromatic N) is 5. The minimum absolute atomic E-state index is 0.228. The number of carboxylic acid groups (broad SMARTS) is 1. The Hall–Kier alpha value is -2.87. The molecule has 0 saturated carbocycles. The Morgan fingerprint density at radius 1 is 1.38 bits per heavy atom. The van der Waals surface area contributed by atoms with Crippen LogP contribution in [0.1, 0.15) is 25.0 Å². The summed E-state index contributed by atoms with van der Waals surface area (Å²) in [5.74, 6) is 0.739. The molecule has 0 unspecified atom stereocenters. The highest BCUT2D eigenvalue weighted by Crippen LogP contribution is 2.21. The van der Waals surface area contributed by atoms with Crippen LogP contribution in [-0.2, 0) is 6.54 Å². The molecule has 2 N–H and O–H groups in total. The summed E-state index contributed by atoms with van der Waals surface area (Å²) in [5, 5.41) is 21.5. The monoisotopic (exact) mass is 374 g/mol. The predicted octanol–water partition coefficient (Wildman–Crippen LogP) is 3.59. The van der Waals surface area contributed by atoms with Crippen LogP contribution in [0.5, 0.6) is 0 Å². The molecule has 9 heteroatoms. The van der Waals surface area contributed by atoms with Gasteiger partial charge < -0.3 is 10.4 Å². The number of anilines is 2. The van der Waals surface area contributed by atoms with Gasteiger partial charge in [-0.25, -0.2) is 14.7 Å². The molecule has 3 rings (SSSR count). The van der Waals surface area contributed by atoms with Gasteiger partial charge in [0.25, 0.3) is 0 Å². The molecule has 8 nitrogen and oxygen atoms in total. The standard InChI is InChI=1S/C17H19ClN6O2/c1-10(2)24(17(25)26)16-22-21-15-14(19-6-7-23(15)16)20-9-12-5-4-11(3)13(18)8-12/h4-8,10H,9H2,1-3H3,(H,19,20)(H,25,26). The molecular formula is C17H19ClN6O2. The second-order valence-electron chi connectivity index (χ2n) is 6.15. The molecule has 2 aromatic heterocycles. The lowest BCUT2D eigenvalue weighted by atomic mass is 10.1. The van der Waals surface area contributed by atoms with Crippen molar-refractivity contribution in [2.24, 2.45) is 0 Å². The van der Waals surface area contributed by atoms with Gasteiger partial charge in [-0.2, -0.15) is 0 Å². The number of amides is 1. The smallest absolute Gasteiger partial charge is 0.414 e. The zero-order chi connectivity index (χ0) is 18.8. The van der Waals surface area contributed by atoms with Crippen molar-refractivity contribution in [1.29, 1.82) is 0 Å². The maximum atomic E-state index is 11.5. The summed E-state index contributed by atoms with van der Waals surface area (Å²) in [4.78, 5) is 17.0. The first kappa shape index (κ1) is 17.9. The number of carbonyl (C=O) groups is 1. The van der Waals surface area contributed by atoms with Gasteiger partial charge in [0, 0.05) is 30.0 Å². The molecule has 2 heterocycles. The lowest BCUT2D eigenvalue weighted by Gasteiger charge is -2.20. The Bertz CT molecular complexity index is 956. The van der Waals surface area contributed by atoms with Gasteiger partial charge in [0.05, 0.1) is 0 Å². The molecule has 26 heavy (non-hydrogen) atoms. The third-order valence-corrected chi connectivity index (χ3v) is 4.35. The summed E-state index contributed by atoms with van der Waals surface area (Å²) in [7, 11) is 0. The van der Waals surface area contributed by atoms with Gasteiger partial charge >= 0.3 is 6.09 Å². The first-order valence-corrected chi connectivity index (χ1v) is 8.47. The molecule has 0 aliphatic heterocycles. The Morgan fingerprint density at radius 2 is 2.15 bits per heavy atom. The van der Waals surface area contributed by atoms with E-state index in [0.717, 1.165) is 16.0 Å². The number of aromatic nitrogens is 4. The highest BCUT2D eigenvalue weighted by atomic mass is 35.5. The molecule has 0 spiro atoms. The van der Waals surface area contributed by atoms with E-state index in [-0.39, 0.29) is 12.0 Å². The molecule has 0 fully saturated rings. The Labute approximate surface area is 155 Å². The summed E-state index contributed by atoms with van der Waals surface area (Å²) in [6.07, 6.45) is 2.12. The largest absolute Gasteiger partial charge is 0.465 e.